The van der Waals surface area contributed by atoms with Crippen molar-refractivity contribution in [2.45, 2.75) is 78.1 Å². The fourth-order valence-corrected chi connectivity index (χ4v) is 7.26. The normalized spacial score (nSPS) is 52.8. The summed E-state index contributed by atoms with van der Waals surface area (Å²) in [6.07, 6.45) is 14.2. The van der Waals surface area contributed by atoms with E-state index in [0.29, 0.717) is 10.8 Å². The Hall–Kier alpha value is -0.530. The highest BCUT2D eigenvalue weighted by molar-refractivity contribution is 5.85. The average Bonchev–Trinajstić information content (AvgIpc) is 2.89. The molecular formula is C20H33NO. The molecule has 6 atom stereocenters. The van der Waals surface area contributed by atoms with E-state index in [1.165, 1.54) is 69.9 Å². The van der Waals surface area contributed by atoms with Crippen LogP contribution in [0, 0.1) is 34.5 Å². The van der Waals surface area contributed by atoms with Crippen LogP contribution in [0.4, 0.5) is 0 Å². The molecule has 4 rings (SSSR count). The summed E-state index contributed by atoms with van der Waals surface area (Å²) in [6, 6.07) is 0. The van der Waals surface area contributed by atoms with Crippen molar-refractivity contribution < 1.29 is 4.84 Å². The van der Waals surface area contributed by atoms with E-state index >= 15 is 0 Å². The van der Waals surface area contributed by atoms with Crippen LogP contribution in [0.15, 0.2) is 5.16 Å². The van der Waals surface area contributed by atoms with Gasteiger partial charge in [-0.1, -0.05) is 25.4 Å². The summed E-state index contributed by atoms with van der Waals surface area (Å²) < 4.78 is 0. The van der Waals surface area contributed by atoms with Crippen molar-refractivity contribution in [3.05, 3.63) is 0 Å². The van der Waals surface area contributed by atoms with Crippen molar-refractivity contribution >= 4 is 5.71 Å². The minimum atomic E-state index is 0.583. The van der Waals surface area contributed by atoms with Gasteiger partial charge >= 0.3 is 0 Å². The Morgan fingerprint density at radius 1 is 1.00 bits per heavy atom. The maximum absolute atomic E-state index is 5.06. The van der Waals surface area contributed by atoms with Crippen molar-refractivity contribution in [3.63, 3.8) is 0 Å². The smallest absolute Gasteiger partial charge is 0.106 e. The lowest BCUT2D eigenvalue weighted by atomic mass is 9.45. The van der Waals surface area contributed by atoms with Gasteiger partial charge in [-0.25, -0.2) is 0 Å². The molecule has 0 heterocycles. The third-order valence-electron chi connectivity index (χ3n) is 8.50. The SMILES string of the molecule is CON=C1CCC2(C)C(CCC3C4CCCC4(C)CCC32)C1. The first kappa shape index (κ1) is 15.0. The molecule has 4 aliphatic carbocycles. The molecule has 6 unspecified atom stereocenters. The van der Waals surface area contributed by atoms with Crippen molar-refractivity contribution in [1.82, 2.24) is 0 Å². The predicted molar refractivity (Wildman–Crippen MR) is 90.8 cm³/mol. The number of oxime groups is 1. The summed E-state index contributed by atoms with van der Waals surface area (Å²) in [5.74, 6) is 3.93. The van der Waals surface area contributed by atoms with E-state index in [9.17, 15) is 0 Å². The van der Waals surface area contributed by atoms with Gasteiger partial charge in [0.15, 0.2) is 0 Å². The number of hydrogen-bond donors (Lipinski definition) is 0. The van der Waals surface area contributed by atoms with Crippen LogP contribution in [0.1, 0.15) is 78.1 Å². The van der Waals surface area contributed by atoms with Crippen LogP contribution in [0.25, 0.3) is 0 Å². The summed E-state index contributed by atoms with van der Waals surface area (Å²) >= 11 is 0. The van der Waals surface area contributed by atoms with Crippen LogP contribution in [0.3, 0.4) is 0 Å². The Morgan fingerprint density at radius 2 is 1.86 bits per heavy atom. The molecule has 0 aromatic heterocycles. The maximum atomic E-state index is 5.06. The van der Waals surface area contributed by atoms with Crippen LogP contribution < -0.4 is 0 Å². The van der Waals surface area contributed by atoms with Crippen LogP contribution >= 0.6 is 0 Å². The third-order valence-corrected chi connectivity index (χ3v) is 8.50. The lowest BCUT2D eigenvalue weighted by Crippen LogP contribution is -2.52. The van der Waals surface area contributed by atoms with Gasteiger partial charge in [-0.15, -0.1) is 0 Å². The Morgan fingerprint density at radius 3 is 2.68 bits per heavy atom. The molecule has 4 saturated carbocycles. The maximum Gasteiger partial charge on any atom is 0.106 e. The minimum Gasteiger partial charge on any atom is -0.399 e. The van der Waals surface area contributed by atoms with E-state index < -0.39 is 0 Å². The monoisotopic (exact) mass is 303 g/mol. The Balaban J connectivity index is 1.58. The van der Waals surface area contributed by atoms with Gasteiger partial charge in [0.05, 0.1) is 5.71 Å². The van der Waals surface area contributed by atoms with Crippen LogP contribution in [0.2, 0.25) is 0 Å². The highest BCUT2D eigenvalue weighted by Crippen LogP contribution is 2.65. The zero-order chi connectivity index (χ0) is 15.4. The first-order valence-electron chi connectivity index (χ1n) is 9.66. The fourth-order valence-electron chi connectivity index (χ4n) is 7.26. The summed E-state index contributed by atoms with van der Waals surface area (Å²) in [5.41, 5.74) is 2.60. The summed E-state index contributed by atoms with van der Waals surface area (Å²) in [5, 5.41) is 4.29. The Kier molecular flexibility index (Phi) is 3.58. The number of hydrogen-bond acceptors (Lipinski definition) is 2. The quantitative estimate of drug-likeness (QED) is 0.593. The highest BCUT2D eigenvalue weighted by atomic mass is 16.6. The fraction of sp³-hybridized carbons (Fsp3) is 0.950. The molecule has 0 aromatic carbocycles. The molecular weight excluding hydrogens is 270 g/mol. The number of rotatable bonds is 1. The standard InChI is InChI=1S/C20H33NO/c1-19-10-4-5-17(19)16-7-6-14-13-15(21-22-3)8-12-20(14,2)18(16)9-11-19/h14,16-18H,4-13H2,1-3H3. The molecule has 0 N–H and O–H groups in total. The topological polar surface area (TPSA) is 21.6 Å². The molecule has 0 saturated heterocycles. The van der Waals surface area contributed by atoms with Crippen molar-refractivity contribution in [2.24, 2.45) is 39.7 Å². The van der Waals surface area contributed by atoms with E-state index in [-0.39, 0.29) is 0 Å². The van der Waals surface area contributed by atoms with E-state index in [1.54, 1.807) is 7.11 Å². The number of fused-ring (bicyclic) bond motifs is 5. The van der Waals surface area contributed by atoms with E-state index in [2.05, 4.69) is 19.0 Å². The zero-order valence-electron chi connectivity index (χ0n) is 14.7. The first-order chi connectivity index (χ1) is 10.6. The van der Waals surface area contributed by atoms with Crippen molar-refractivity contribution in [1.29, 1.82) is 0 Å². The molecule has 22 heavy (non-hydrogen) atoms. The summed E-state index contributed by atoms with van der Waals surface area (Å²) in [4.78, 5) is 5.06. The predicted octanol–water partition coefficient (Wildman–Crippen LogP) is 5.42. The van der Waals surface area contributed by atoms with Gasteiger partial charge in [-0.05, 0) is 92.3 Å². The molecule has 0 aromatic rings. The second-order valence-electron chi connectivity index (χ2n) is 9.29. The van der Waals surface area contributed by atoms with Crippen LogP contribution in [0.5, 0.6) is 0 Å². The molecule has 4 aliphatic rings. The Labute approximate surface area is 136 Å². The largest absolute Gasteiger partial charge is 0.399 e. The molecule has 0 spiro atoms. The van der Waals surface area contributed by atoms with Crippen LogP contribution in [-0.2, 0) is 4.84 Å². The molecule has 4 fully saturated rings. The van der Waals surface area contributed by atoms with Gasteiger partial charge in [0.1, 0.15) is 7.11 Å². The van der Waals surface area contributed by atoms with Crippen molar-refractivity contribution in [2.75, 3.05) is 7.11 Å². The van der Waals surface area contributed by atoms with E-state index in [1.807, 2.05) is 0 Å². The minimum absolute atomic E-state index is 0.583. The third kappa shape index (κ3) is 2.08. The van der Waals surface area contributed by atoms with Gasteiger partial charge in [-0.2, -0.15) is 0 Å². The second kappa shape index (κ2) is 5.24. The molecule has 0 bridgehead atoms. The van der Waals surface area contributed by atoms with E-state index in [4.69, 9.17) is 4.84 Å². The van der Waals surface area contributed by atoms with Gasteiger partial charge < -0.3 is 4.84 Å². The first-order valence-corrected chi connectivity index (χ1v) is 9.66. The highest BCUT2D eigenvalue weighted by Gasteiger charge is 2.57. The summed E-state index contributed by atoms with van der Waals surface area (Å²) in [7, 11) is 1.69. The molecule has 0 radical (unpaired) electrons. The lowest BCUT2D eigenvalue weighted by molar-refractivity contribution is -0.0921. The van der Waals surface area contributed by atoms with Crippen molar-refractivity contribution in [3.8, 4) is 0 Å². The molecule has 124 valence electrons. The Bertz CT molecular complexity index is 472. The average molecular weight is 303 g/mol. The molecule has 2 heteroatoms. The van der Waals surface area contributed by atoms with E-state index in [0.717, 1.165) is 23.7 Å². The molecule has 0 amide bonds. The molecule has 0 aliphatic heterocycles. The van der Waals surface area contributed by atoms with Gasteiger partial charge in [0.25, 0.3) is 0 Å². The molecule has 2 nitrogen and oxygen atoms in total. The zero-order valence-corrected chi connectivity index (χ0v) is 14.7. The van der Waals surface area contributed by atoms with Gasteiger partial charge in [0, 0.05) is 0 Å². The number of nitrogens with zero attached hydrogens (tertiary/aromatic N) is 1. The van der Waals surface area contributed by atoms with Crippen LogP contribution in [-0.4, -0.2) is 12.8 Å². The lowest BCUT2D eigenvalue weighted by Gasteiger charge is -2.60. The second-order valence-corrected chi connectivity index (χ2v) is 9.29. The van der Waals surface area contributed by atoms with Gasteiger partial charge in [0.2, 0.25) is 0 Å². The van der Waals surface area contributed by atoms with Gasteiger partial charge in [-0.3, -0.25) is 0 Å². The summed E-state index contributed by atoms with van der Waals surface area (Å²) in [6.45, 7) is 5.25.